The molecule has 0 unspecified atom stereocenters. The average Bonchev–Trinajstić information content (AvgIpc) is 3.21. The lowest BCUT2D eigenvalue weighted by atomic mass is 9.97. The number of sulfonamides is 1. The highest BCUT2D eigenvalue weighted by Crippen LogP contribution is 2.40. The van der Waals surface area contributed by atoms with Gasteiger partial charge >= 0.3 is 0 Å². The van der Waals surface area contributed by atoms with Gasteiger partial charge in [-0.25, -0.2) is 12.8 Å². The number of amides is 1. The number of carbonyl (C=O) groups is 1. The first-order valence-corrected chi connectivity index (χ1v) is 12.1. The van der Waals surface area contributed by atoms with Crippen molar-refractivity contribution in [1.82, 2.24) is 5.32 Å². The van der Waals surface area contributed by atoms with E-state index in [1.165, 1.54) is 38.2 Å². The number of halogens is 1. The topological polar surface area (TPSA) is 88.4 Å². The van der Waals surface area contributed by atoms with Crippen molar-refractivity contribution < 1.29 is 22.0 Å². The molecule has 6 nitrogen and oxygen atoms in total. The molecule has 0 spiro atoms. The van der Waals surface area contributed by atoms with Gasteiger partial charge < -0.3 is 9.73 Å². The van der Waals surface area contributed by atoms with E-state index < -0.39 is 21.7 Å². The van der Waals surface area contributed by atoms with Gasteiger partial charge in [0.15, 0.2) is 0 Å². The summed E-state index contributed by atoms with van der Waals surface area (Å²) >= 11 is 0. The van der Waals surface area contributed by atoms with Crippen molar-refractivity contribution >= 4 is 32.6 Å². The van der Waals surface area contributed by atoms with Crippen molar-refractivity contribution in [3.05, 3.63) is 77.6 Å². The van der Waals surface area contributed by atoms with Gasteiger partial charge in [0.05, 0.1) is 17.0 Å². The van der Waals surface area contributed by atoms with E-state index in [0.29, 0.717) is 33.2 Å². The third kappa shape index (κ3) is 4.38. The molecule has 0 aliphatic heterocycles. The third-order valence-electron chi connectivity index (χ3n) is 5.37. The van der Waals surface area contributed by atoms with E-state index in [1.54, 1.807) is 36.4 Å². The molecule has 0 aliphatic carbocycles. The van der Waals surface area contributed by atoms with Gasteiger partial charge in [-0.15, -0.1) is 6.42 Å². The maximum atomic E-state index is 13.5. The normalized spacial score (nSPS) is 11.2. The molecule has 0 atom stereocenters. The lowest BCUT2D eigenvalue weighted by molar-refractivity contribution is 0.0964. The van der Waals surface area contributed by atoms with Crippen LogP contribution in [0.25, 0.3) is 33.4 Å². The number of nitrogens with one attached hydrogen (secondary N) is 2. The summed E-state index contributed by atoms with van der Waals surface area (Å²) in [6, 6.07) is 15.9. The second-order valence-corrected chi connectivity index (χ2v) is 9.53. The molecule has 34 heavy (non-hydrogen) atoms. The Labute approximate surface area is 196 Å². The van der Waals surface area contributed by atoms with Crippen molar-refractivity contribution in [1.29, 1.82) is 0 Å². The van der Waals surface area contributed by atoms with Crippen LogP contribution in [0.5, 0.6) is 0 Å². The molecule has 8 heteroatoms. The number of furan rings is 1. The second-order valence-electron chi connectivity index (χ2n) is 7.52. The molecule has 0 radical (unpaired) electrons. The monoisotopic (exact) mass is 476 g/mol. The fourth-order valence-electron chi connectivity index (χ4n) is 3.64. The minimum atomic E-state index is -3.62. The summed E-state index contributed by atoms with van der Waals surface area (Å²) in [5.41, 5.74) is 3.14. The first-order valence-electron chi connectivity index (χ1n) is 10.4. The Bertz CT molecular complexity index is 1550. The average molecular weight is 477 g/mol. The molecule has 0 saturated carbocycles. The van der Waals surface area contributed by atoms with Crippen LogP contribution in [0.1, 0.15) is 22.8 Å². The van der Waals surface area contributed by atoms with Gasteiger partial charge in [-0.1, -0.05) is 18.1 Å². The minimum absolute atomic E-state index is 0.128. The van der Waals surface area contributed by atoms with Crippen molar-refractivity contribution in [2.24, 2.45) is 0 Å². The molecule has 0 fully saturated rings. The fraction of sp³-hybridized carbons (Fsp3) is 0.115. The van der Waals surface area contributed by atoms with Gasteiger partial charge in [0, 0.05) is 35.2 Å². The van der Waals surface area contributed by atoms with Crippen LogP contribution >= 0.6 is 0 Å². The first kappa shape index (κ1) is 23.1. The molecule has 2 N–H and O–H groups in total. The van der Waals surface area contributed by atoms with Crippen molar-refractivity contribution in [2.75, 3.05) is 17.5 Å². The number of terminal acetylenes is 1. The van der Waals surface area contributed by atoms with E-state index >= 15 is 0 Å². The summed E-state index contributed by atoms with van der Waals surface area (Å²) in [6.45, 7) is 1.53. The van der Waals surface area contributed by atoms with Crippen molar-refractivity contribution in [2.45, 2.75) is 6.92 Å². The zero-order chi connectivity index (χ0) is 24.5. The Balaban J connectivity index is 2.05. The highest BCUT2D eigenvalue weighted by atomic mass is 32.2. The molecule has 0 aliphatic rings. The first-order chi connectivity index (χ1) is 16.3. The van der Waals surface area contributed by atoms with E-state index in [0.717, 1.165) is 0 Å². The van der Waals surface area contributed by atoms with Crippen LogP contribution in [0.4, 0.5) is 10.1 Å². The molecule has 3 aromatic carbocycles. The molecule has 4 aromatic rings. The largest absolute Gasteiger partial charge is 0.455 e. The third-order valence-corrected chi connectivity index (χ3v) is 6.67. The number of anilines is 1. The Morgan fingerprint density at radius 2 is 1.82 bits per heavy atom. The smallest absolute Gasteiger partial charge is 0.255 e. The number of rotatable bonds is 6. The zero-order valence-electron chi connectivity index (χ0n) is 18.5. The molecular weight excluding hydrogens is 455 g/mol. The predicted octanol–water partition coefficient (Wildman–Crippen LogP) is 5.01. The van der Waals surface area contributed by atoms with Crippen LogP contribution in [0, 0.1) is 18.2 Å². The van der Waals surface area contributed by atoms with Gasteiger partial charge in [-0.05, 0) is 55.0 Å². The van der Waals surface area contributed by atoms with E-state index in [1.807, 2.05) is 0 Å². The number of carbonyl (C=O) groups excluding carboxylic acids is 1. The van der Waals surface area contributed by atoms with E-state index in [9.17, 15) is 17.6 Å². The lowest BCUT2D eigenvalue weighted by Crippen LogP contribution is -2.18. The summed E-state index contributed by atoms with van der Waals surface area (Å²) in [4.78, 5) is 12.9. The van der Waals surface area contributed by atoms with Gasteiger partial charge in [-0.2, -0.15) is 0 Å². The van der Waals surface area contributed by atoms with Crippen molar-refractivity contribution in [3.8, 4) is 34.8 Å². The summed E-state index contributed by atoms with van der Waals surface area (Å²) in [6.07, 6.45) is 5.55. The Kier molecular flexibility index (Phi) is 6.14. The number of benzene rings is 3. The molecule has 1 amide bonds. The van der Waals surface area contributed by atoms with Gasteiger partial charge in [-0.3, -0.25) is 9.52 Å². The summed E-state index contributed by atoms with van der Waals surface area (Å²) in [5, 5.41) is 3.08. The van der Waals surface area contributed by atoms with Gasteiger partial charge in [0.1, 0.15) is 17.2 Å². The highest BCUT2D eigenvalue weighted by Gasteiger charge is 2.24. The number of hydrogen-bond donors (Lipinski definition) is 2. The van der Waals surface area contributed by atoms with Crippen LogP contribution in [-0.2, 0) is 10.0 Å². The van der Waals surface area contributed by atoms with Crippen LogP contribution in [0.2, 0.25) is 0 Å². The molecule has 0 bridgehead atoms. The molecule has 1 aromatic heterocycles. The maximum Gasteiger partial charge on any atom is 0.255 e. The quantitative estimate of drug-likeness (QED) is 0.383. The van der Waals surface area contributed by atoms with E-state index in [2.05, 4.69) is 16.0 Å². The Morgan fingerprint density at radius 3 is 2.47 bits per heavy atom. The summed E-state index contributed by atoms with van der Waals surface area (Å²) in [7, 11) is -2.12. The van der Waals surface area contributed by atoms with E-state index in [-0.39, 0.29) is 22.8 Å². The molecular formula is C26H21FN2O4S. The molecule has 172 valence electrons. The zero-order valence-corrected chi connectivity index (χ0v) is 19.3. The predicted molar refractivity (Wildman–Crippen MR) is 131 cm³/mol. The number of hydrogen-bond acceptors (Lipinski definition) is 4. The molecule has 0 saturated heterocycles. The fourth-order valence-corrected chi connectivity index (χ4v) is 4.29. The Morgan fingerprint density at radius 1 is 1.09 bits per heavy atom. The molecule has 4 rings (SSSR count). The maximum absolute atomic E-state index is 13.5. The van der Waals surface area contributed by atoms with Crippen LogP contribution in [0.3, 0.4) is 0 Å². The lowest BCUT2D eigenvalue weighted by Gasteiger charge is -2.13. The summed E-state index contributed by atoms with van der Waals surface area (Å²) < 4.78 is 46.9. The standard InChI is InChI=1S/C26H21FN2O4S/c1-4-16-7-6-8-18(13-16)20-14-21-23(15-22(20)29-34(31,32)5-2)33-25(24(21)26(30)28-3)17-9-11-19(27)12-10-17/h1,6-15,29H,5H2,2-3H3,(H,28,30). The van der Waals surface area contributed by atoms with Crippen LogP contribution < -0.4 is 10.0 Å². The highest BCUT2D eigenvalue weighted by molar-refractivity contribution is 7.92. The van der Waals surface area contributed by atoms with Crippen LogP contribution in [0.15, 0.2) is 65.1 Å². The number of fused-ring (bicyclic) bond motifs is 1. The second kappa shape index (κ2) is 9.04. The van der Waals surface area contributed by atoms with E-state index in [4.69, 9.17) is 10.8 Å². The minimum Gasteiger partial charge on any atom is -0.455 e. The van der Waals surface area contributed by atoms with Crippen LogP contribution in [-0.4, -0.2) is 27.1 Å². The van der Waals surface area contributed by atoms with Gasteiger partial charge in [0.25, 0.3) is 5.91 Å². The Hall–Kier alpha value is -4.09. The summed E-state index contributed by atoms with van der Waals surface area (Å²) in [5.74, 6) is 1.86. The molecule has 1 heterocycles. The van der Waals surface area contributed by atoms with Crippen molar-refractivity contribution in [3.63, 3.8) is 0 Å². The SMILES string of the molecule is C#Cc1cccc(-c2cc3c(C(=O)NC)c(-c4ccc(F)cc4)oc3cc2NS(=O)(=O)CC)c1. The van der Waals surface area contributed by atoms with Gasteiger partial charge in [0.2, 0.25) is 10.0 Å².